The minimum absolute atomic E-state index is 0.139. The fourth-order valence-electron chi connectivity index (χ4n) is 1.99. The maximum absolute atomic E-state index is 11.5. The molecule has 2 rings (SSSR count). The average molecular weight is 320 g/mol. The summed E-state index contributed by atoms with van der Waals surface area (Å²) in [7, 11) is 0. The van der Waals surface area contributed by atoms with Crippen molar-refractivity contribution < 1.29 is 19.2 Å². The number of alkyl halides is 1. The molecule has 1 aliphatic carbocycles. The van der Waals surface area contributed by atoms with E-state index in [1.807, 2.05) is 25.7 Å². The third-order valence-electron chi connectivity index (χ3n) is 2.96. The maximum atomic E-state index is 11.5. The summed E-state index contributed by atoms with van der Waals surface area (Å²) in [6.07, 6.45) is 2.05. The number of oxime groups is 1. The number of fused-ring (bicyclic) bond motifs is 1. The number of amides is 1. The van der Waals surface area contributed by atoms with Crippen LogP contribution < -0.4 is 5.73 Å². The first-order valence-electron chi connectivity index (χ1n) is 6.74. The van der Waals surface area contributed by atoms with Crippen LogP contribution in [0.3, 0.4) is 0 Å². The van der Waals surface area contributed by atoms with Gasteiger partial charge in [0.1, 0.15) is 17.8 Å². The lowest BCUT2D eigenvalue weighted by atomic mass is 10.2. The summed E-state index contributed by atoms with van der Waals surface area (Å²) in [4.78, 5) is 27.4. The minimum atomic E-state index is -0.617. The van der Waals surface area contributed by atoms with Crippen molar-refractivity contribution in [3.63, 3.8) is 0 Å². The Morgan fingerprint density at radius 1 is 1.38 bits per heavy atom. The molecule has 0 spiro atoms. The first kappa shape index (κ1) is 17.6. The van der Waals surface area contributed by atoms with Crippen LogP contribution in [0.2, 0.25) is 0 Å². The lowest BCUT2D eigenvalue weighted by Gasteiger charge is -2.25. The number of likely N-dealkylation sites (tertiary alicyclic amines) is 1. The zero-order valence-electron chi connectivity index (χ0n) is 12.5. The molecule has 1 heterocycles. The van der Waals surface area contributed by atoms with Crippen LogP contribution in [-0.2, 0) is 14.4 Å². The van der Waals surface area contributed by atoms with E-state index in [0.29, 0.717) is 0 Å². The summed E-state index contributed by atoms with van der Waals surface area (Å²) in [5.41, 5.74) is 4.36. The van der Waals surface area contributed by atoms with Crippen molar-refractivity contribution in [2.24, 2.45) is 22.7 Å². The highest BCUT2D eigenvalue weighted by molar-refractivity contribution is 6.26. The van der Waals surface area contributed by atoms with Gasteiger partial charge in [0.25, 0.3) is 0 Å². The van der Waals surface area contributed by atoms with Crippen LogP contribution in [-0.4, -0.2) is 47.9 Å². The van der Waals surface area contributed by atoms with Crippen molar-refractivity contribution in [1.29, 1.82) is 0 Å². The molecule has 120 valence electrons. The van der Waals surface area contributed by atoms with E-state index in [1.54, 1.807) is 0 Å². The zero-order valence-corrected chi connectivity index (χ0v) is 13.3. The van der Waals surface area contributed by atoms with Gasteiger partial charge in [-0.3, -0.25) is 0 Å². The van der Waals surface area contributed by atoms with E-state index in [4.69, 9.17) is 22.1 Å². The number of nitrogens with two attached hydrogens (primary N) is 1. The second-order valence-electron chi connectivity index (χ2n) is 5.99. The first-order valence-corrected chi connectivity index (χ1v) is 7.27. The molecular weight excluding hydrogens is 298 g/mol. The number of carbonyl (C=O) groups excluding carboxylic acids is 2. The molecule has 0 bridgehead atoms. The van der Waals surface area contributed by atoms with E-state index in [-0.39, 0.29) is 17.6 Å². The Labute approximate surface area is 129 Å². The van der Waals surface area contributed by atoms with E-state index >= 15 is 0 Å². The first-order chi connectivity index (χ1) is 9.76. The molecule has 0 radical (unpaired) electrons. The fourth-order valence-corrected chi connectivity index (χ4v) is 2.04. The molecule has 2 aliphatic rings. The van der Waals surface area contributed by atoms with Crippen LogP contribution in [0.4, 0.5) is 4.79 Å². The van der Waals surface area contributed by atoms with Crippen LogP contribution in [0.1, 0.15) is 27.2 Å². The normalized spacial score (nSPS) is 23.1. The van der Waals surface area contributed by atoms with Crippen molar-refractivity contribution in [1.82, 2.24) is 4.90 Å². The van der Waals surface area contributed by atoms with Crippen molar-refractivity contribution in [2.45, 2.75) is 32.8 Å². The number of ether oxygens (including phenoxy) is 1. The van der Waals surface area contributed by atoms with Crippen LogP contribution in [0, 0.1) is 11.8 Å². The van der Waals surface area contributed by atoms with E-state index in [9.17, 15) is 9.59 Å². The highest BCUT2D eigenvalue weighted by Gasteiger charge is 2.47. The van der Waals surface area contributed by atoms with E-state index in [0.717, 1.165) is 31.3 Å². The summed E-state index contributed by atoms with van der Waals surface area (Å²) >= 11 is 5.00. The maximum Gasteiger partial charge on any atom is 0.410 e. The summed E-state index contributed by atoms with van der Waals surface area (Å²) in [6.45, 7) is 7.55. The van der Waals surface area contributed by atoms with Crippen LogP contribution >= 0.6 is 11.6 Å². The summed E-state index contributed by atoms with van der Waals surface area (Å²) in [5.74, 6) is 0.741. The Morgan fingerprint density at radius 3 is 2.38 bits per heavy atom. The molecule has 2 N–H and O–H groups in total. The topological polar surface area (TPSA) is 94.2 Å². The van der Waals surface area contributed by atoms with Gasteiger partial charge < -0.3 is 20.2 Å². The molecule has 1 saturated carbocycles. The van der Waals surface area contributed by atoms with Gasteiger partial charge in [0.15, 0.2) is 0 Å². The van der Waals surface area contributed by atoms with Crippen LogP contribution in [0.5, 0.6) is 0 Å². The molecular formula is C13H22ClN3O4. The van der Waals surface area contributed by atoms with Gasteiger partial charge in [-0.25, -0.2) is 9.59 Å². The molecule has 7 nitrogen and oxygen atoms in total. The van der Waals surface area contributed by atoms with E-state index in [2.05, 4.69) is 9.99 Å². The molecule has 21 heavy (non-hydrogen) atoms. The third-order valence-corrected chi connectivity index (χ3v) is 3.17. The van der Waals surface area contributed by atoms with E-state index in [1.165, 1.54) is 6.42 Å². The summed E-state index contributed by atoms with van der Waals surface area (Å²) in [6, 6.07) is 0. The molecule has 2 atom stereocenters. The predicted octanol–water partition coefficient (Wildman–Crippen LogP) is 1.54. The minimum Gasteiger partial charge on any atom is -0.444 e. The largest absolute Gasteiger partial charge is 0.444 e. The second-order valence-corrected chi connectivity index (χ2v) is 6.26. The molecule has 0 aromatic heterocycles. The number of halogens is 1. The van der Waals surface area contributed by atoms with Crippen molar-refractivity contribution >= 4 is 30.0 Å². The number of hydrogen-bond acceptors (Lipinski definition) is 5. The van der Waals surface area contributed by atoms with Crippen molar-refractivity contribution in [2.75, 3.05) is 19.0 Å². The summed E-state index contributed by atoms with van der Waals surface area (Å²) < 4.78 is 5.28. The Balaban J connectivity index is 0.000000240. The lowest BCUT2D eigenvalue weighted by Crippen LogP contribution is -2.36. The molecule has 2 fully saturated rings. The molecule has 0 aromatic rings. The molecule has 1 amide bonds. The van der Waals surface area contributed by atoms with Gasteiger partial charge in [-0.1, -0.05) is 5.16 Å². The van der Waals surface area contributed by atoms with Gasteiger partial charge in [0, 0.05) is 13.1 Å². The van der Waals surface area contributed by atoms with Crippen molar-refractivity contribution in [3.05, 3.63) is 0 Å². The number of carbonyl (C=O) groups is 2. The highest BCUT2D eigenvalue weighted by atomic mass is 35.5. The lowest BCUT2D eigenvalue weighted by molar-refractivity contribution is -0.140. The molecule has 1 saturated heterocycles. The average Bonchev–Trinajstić information content (AvgIpc) is 3.01. The Hall–Kier alpha value is -1.50. The molecule has 2 unspecified atom stereocenters. The number of nitrogens with zero attached hydrogens (tertiary/aromatic N) is 2. The molecule has 0 aromatic carbocycles. The van der Waals surface area contributed by atoms with E-state index < -0.39 is 5.97 Å². The van der Waals surface area contributed by atoms with Gasteiger partial charge >= 0.3 is 12.1 Å². The molecule has 1 aliphatic heterocycles. The third kappa shape index (κ3) is 6.66. The predicted molar refractivity (Wildman–Crippen MR) is 78.9 cm³/mol. The Morgan fingerprint density at radius 2 is 1.95 bits per heavy atom. The second kappa shape index (κ2) is 7.49. The van der Waals surface area contributed by atoms with Gasteiger partial charge in [-0.2, -0.15) is 0 Å². The SMILES string of the molecule is CC(C)(C)OC(=O)N1CC2CC2C1.N/C=N\OC(=O)CCl. The van der Waals surface area contributed by atoms with Crippen LogP contribution in [0.25, 0.3) is 0 Å². The van der Waals surface area contributed by atoms with Gasteiger partial charge in [-0.05, 0) is 39.0 Å². The quantitative estimate of drug-likeness (QED) is 0.274. The standard InChI is InChI=1S/C10H17NO2.C3H5ClN2O2/c1-10(2,3)13-9(12)11-5-7-4-8(7)6-11;4-1-3(7)8-6-2-5/h7-8H,4-6H2,1-3H3;2H,1H2,(H2,5,6). The summed E-state index contributed by atoms with van der Waals surface area (Å²) in [5, 5.41) is 2.96. The monoisotopic (exact) mass is 319 g/mol. The fraction of sp³-hybridized carbons (Fsp3) is 0.769. The van der Waals surface area contributed by atoms with Crippen molar-refractivity contribution in [3.8, 4) is 0 Å². The van der Waals surface area contributed by atoms with Gasteiger partial charge in [0.05, 0.1) is 0 Å². The Bertz CT molecular complexity index is 399. The zero-order chi connectivity index (χ0) is 16.0. The van der Waals surface area contributed by atoms with Gasteiger partial charge in [0.2, 0.25) is 0 Å². The Kier molecular flexibility index (Phi) is 6.26. The van der Waals surface area contributed by atoms with Crippen LogP contribution in [0.15, 0.2) is 5.16 Å². The molecule has 8 heteroatoms. The number of hydrogen-bond donors (Lipinski definition) is 1. The highest BCUT2D eigenvalue weighted by Crippen LogP contribution is 2.45. The smallest absolute Gasteiger partial charge is 0.410 e. The van der Waals surface area contributed by atoms with Gasteiger partial charge in [-0.15, -0.1) is 11.6 Å². The number of piperidine rings is 1. The number of rotatable bonds is 2.